The Labute approximate surface area is 165 Å². The van der Waals surface area contributed by atoms with Crippen molar-refractivity contribution in [1.29, 1.82) is 0 Å². The van der Waals surface area contributed by atoms with Crippen LogP contribution in [0.2, 0.25) is 0 Å². The van der Waals surface area contributed by atoms with Crippen LogP contribution < -0.4 is 9.47 Å². The second-order valence-electron chi connectivity index (χ2n) is 7.35. The molecule has 1 heterocycles. The number of rotatable bonds is 7. The molecule has 1 atom stereocenters. The Kier molecular flexibility index (Phi) is 5.60. The van der Waals surface area contributed by atoms with Crippen molar-refractivity contribution in [2.75, 3.05) is 14.2 Å². The van der Waals surface area contributed by atoms with E-state index in [1.165, 1.54) is 31.2 Å². The minimum atomic E-state index is 0.176. The second kappa shape index (κ2) is 8.46. The molecule has 1 unspecified atom stereocenters. The van der Waals surface area contributed by atoms with Gasteiger partial charge in [0, 0.05) is 6.42 Å². The van der Waals surface area contributed by atoms with E-state index >= 15 is 0 Å². The highest BCUT2D eigenvalue weighted by Gasteiger charge is 2.32. The lowest BCUT2D eigenvalue weighted by molar-refractivity contribution is 0.325. The van der Waals surface area contributed by atoms with Crippen LogP contribution in [-0.4, -0.2) is 24.4 Å². The fourth-order valence-corrected chi connectivity index (χ4v) is 4.21. The normalized spacial score (nSPS) is 15.5. The van der Waals surface area contributed by atoms with Crippen LogP contribution in [0.5, 0.6) is 11.5 Å². The van der Waals surface area contributed by atoms with Gasteiger partial charge in [-0.3, -0.25) is 0 Å². The molecule has 146 valence electrons. The van der Waals surface area contributed by atoms with Crippen LogP contribution in [0.15, 0.2) is 53.1 Å². The summed E-state index contributed by atoms with van der Waals surface area (Å²) in [7, 11) is 3.27. The van der Waals surface area contributed by atoms with Crippen LogP contribution in [0.4, 0.5) is 0 Å². The Morgan fingerprint density at radius 1 is 1.00 bits per heavy atom. The van der Waals surface area contributed by atoms with Crippen molar-refractivity contribution >= 4 is 0 Å². The first-order valence-electron chi connectivity index (χ1n) is 9.87. The van der Waals surface area contributed by atoms with Gasteiger partial charge in [0.25, 0.3) is 0 Å². The van der Waals surface area contributed by atoms with Gasteiger partial charge >= 0.3 is 0 Å². The summed E-state index contributed by atoms with van der Waals surface area (Å²) in [6, 6.07) is 16.4. The molecule has 1 fully saturated rings. The third-order valence-electron chi connectivity index (χ3n) is 5.59. The van der Waals surface area contributed by atoms with Crippen LogP contribution in [0, 0.1) is 5.92 Å². The molecule has 2 aromatic carbocycles. The van der Waals surface area contributed by atoms with Gasteiger partial charge in [-0.2, -0.15) is 4.98 Å². The van der Waals surface area contributed by atoms with E-state index in [4.69, 9.17) is 19.0 Å². The van der Waals surface area contributed by atoms with E-state index in [2.05, 4.69) is 29.4 Å². The average molecular weight is 378 g/mol. The molecule has 0 N–H and O–H groups in total. The van der Waals surface area contributed by atoms with Gasteiger partial charge in [0.05, 0.1) is 20.1 Å². The van der Waals surface area contributed by atoms with Crippen LogP contribution in [0.1, 0.15) is 54.4 Å². The maximum absolute atomic E-state index is 5.75. The lowest BCUT2D eigenvalue weighted by atomic mass is 9.85. The molecular weight excluding hydrogens is 352 g/mol. The number of hydrogen-bond acceptors (Lipinski definition) is 5. The zero-order valence-electron chi connectivity index (χ0n) is 16.4. The molecule has 0 spiro atoms. The summed E-state index contributed by atoms with van der Waals surface area (Å²) in [6.07, 6.45) is 5.58. The van der Waals surface area contributed by atoms with Crippen LogP contribution in [0.3, 0.4) is 0 Å². The number of aromatic nitrogens is 2. The highest BCUT2D eigenvalue weighted by Crippen LogP contribution is 2.41. The van der Waals surface area contributed by atoms with E-state index in [9.17, 15) is 0 Å². The van der Waals surface area contributed by atoms with Gasteiger partial charge in [0.1, 0.15) is 0 Å². The highest BCUT2D eigenvalue weighted by molar-refractivity contribution is 5.43. The van der Waals surface area contributed by atoms with Crippen molar-refractivity contribution in [3.05, 3.63) is 71.4 Å². The Morgan fingerprint density at radius 3 is 2.46 bits per heavy atom. The number of hydrogen-bond donors (Lipinski definition) is 0. The molecule has 1 saturated carbocycles. The highest BCUT2D eigenvalue weighted by atomic mass is 16.5. The standard InChI is InChI=1S/C23H26N2O3/c1-26-19-13-12-16(14-20(19)27-2)15-21-24-23(28-25-21)22(18-10-6-7-11-18)17-8-4-3-5-9-17/h3-5,8-9,12-14,18,22H,6-7,10-11,15H2,1-2H3. The minimum Gasteiger partial charge on any atom is -0.493 e. The molecule has 0 saturated heterocycles. The lowest BCUT2D eigenvalue weighted by Gasteiger charge is -2.20. The third-order valence-corrected chi connectivity index (χ3v) is 5.59. The Balaban J connectivity index is 1.58. The van der Waals surface area contributed by atoms with Gasteiger partial charge in [-0.05, 0) is 42.0 Å². The van der Waals surface area contributed by atoms with Gasteiger partial charge < -0.3 is 14.0 Å². The molecule has 5 heteroatoms. The summed E-state index contributed by atoms with van der Waals surface area (Å²) in [4.78, 5) is 4.78. The summed E-state index contributed by atoms with van der Waals surface area (Å²) in [5.74, 6) is 3.59. The first-order chi connectivity index (χ1) is 13.8. The molecule has 0 amide bonds. The number of ether oxygens (including phenoxy) is 2. The van der Waals surface area contributed by atoms with E-state index < -0.39 is 0 Å². The lowest BCUT2D eigenvalue weighted by Crippen LogP contribution is -2.12. The quantitative estimate of drug-likeness (QED) is 0.579. The van der Waals surface area contributed by atoms with Gasteiger partial charge in [0.15, 0.2) is 17.3 Å². The number of benzene rings is 2. The van der Waals surface area contributed by atoms with Crippen molar-refractivity contribution in [3.63, 3.8) is 0 Å². The van der Waals surface area contributed by atoms with Gasteiger partial charge in [-0.1, -0.05) is 54.4 Å². The maximum Gasteiger partial charge on any atom is 0.234 e. The molecule has 1 aliphatic rings. The molecule has 0 aliphatic heterocycles. The molecule has 0 bridgehead atoms. The Hall–Kier alpha value is -2.82. The fourth-order valence-electron chi connectivity index (χ4n) is 4.21. The molecule has 28 heavy (non-hydrogen) atoms. The largest absolute Gasteiger partial charge is 0.493 e. The first kappa shape index (κ1) is 18.5. The summed E-state index contributed by atoms with van der Waals surface area (Å²) in [5, 5.41) is 4.27. The SMILES string of the molecule is COc1ccc(Cc2noc(C(c3ccccc3)C3CCCC3)n2)cc1OC. The van der Waals surface area contributed by atoms with E-state index in [-0.39, 0.29) is 5.92 Å². The van der Waals surface area contributed by atoms with Gasteiger partial charge in [-0.25, -0.2) is 0 Å². The van der Waals surface area contributed by atoms with Crippen LogP contribution >= 0.6 is 0 Å². The summed E-state index contributed by atoms with van der Waals surface area (Å²) >= 11 is 0. The molecule has 1 aromatic heterocycles. The van der Waals surface area contributed by atoms with Gasteiger partial charge in [0.2, 0.25) is 5.89 Å². The molecule has 0 radical (unpaired) electrons. The van der Waals surface area contributed by atoms with Crippen LogP contribution in [-0.2, 0) is 6.42 Å². The molecule has 5 nitrogen and oxygen atoms in total. The molecule has 4 rings (SSSR count). The summed E-state index contributed by atoms with van der Waals surface area (Å²) in [5.41, 5.74) is 2.32. The van der Waals surface area contributed by atoms with Crippen molar-refractivity contribution in [2.45, 2.75) is 38.0 Å². The zero-order valence-corrected chi connectivity index (χ0v) is 16.4. The third kappa shape index (κ3) is 3.88. The molecular formula is C23H26N2O3. The van der Waals surface area contributed by atoms with Crippen molar-refractivity contribution in [2.24, 2.45) is 5.92 Å². The number of nitrogens with zero attached hydrogens (tertiary/aromatic N) is 2. The summed E-state index contributed by atoms with van der Waals surface area (Å²) < 4.78 is 16.5. The predicted molar refractivity (Wildman–Crippen MR) is 107 cm³/mol. The van der Waals surface area contributed by atoms with Gasteiger partial charge in [-0.15, -0.1) is 0 Å². The Morgan fingerprint density at radius 2 is 1.75 bits per heavy atom. The van der Waals surface area contributed by atoms with E-state index in [1.807, 2.05) is 24.3 Å². The Bertz CT molecular complexity index is 901. The van der Waals surface area contributed by atoms with E-state index in [0.29, 0.717) is 29.7 Å². The monoisotopic (exact) mass is 378 g/mol. The second-order valence-corrected chi connectivity index (χ2v) is 7.35. The maximum atomic E-state index is 5.75. The van der Waals surface area contributed by atoms with Crippen molar-refractivity contribution < 1.29 is 14.0 Å². The number of methoxy groups -OCH3 is 2. The van der Waals surface area contributed by atoms with E-state index in [1.54, 1.807) is 14.2 Å². The smallest absolute Gasteiger partial charge is 0.234 e. The molecule has 3 aromatic rings. The average Bonchev–Trinajstić information content (AvgIpc) is 3.42. The first-order valence-corrected chi connectivity index (χ1v) is 9.87. The van der Waals surface area contributed by atoms with Crippen LogP contribution in [0.25, 0.3) is 0 Å². The topological polar surface area (TPSA) is 57.4 Å². The zero-order chi connectivity index (χ0) is 19.3. The molecule has 1 aliphatic carbocycles. The van der Waals surface area contributed by atoms with Crippen molar-refractivity contribution in [3.8, 4) is 11.5 Å². The van der Waals surface area contributed by atoms with E-state index in [0.717, 1.165) is 11.5 Å². The van der Waals surface area contributed by atoms with Crippen molar-refractivity contribution in [1.82, 2.24) is 10.1 Å². The summed E-state index contributed by atoms with van der Waals surface area (Å²) in [6.45, 7) is 0. The predicted octanol–water partition coefficient (Wildman–Crippen LogP) is 5.00. The minimum absolute atomic E-state index is 0.176. The fraction of sp³-hybridized carbons (Fsp3) is 0.391.